The van der Waals surface area contributed by atoms with Crippen LogP contribution in [0.25, 0.3) is 5.69 Å². The quantitative estimate of drug-likeness (QED) is 0.334. The monoisotopic (exact) mass is 506 g/mol. The van der Waals surface area contributed by atoms with Crippen molar-refractivity contribution in [2.45, 2.75) is 31.8 Å². The van der Waals surface area contributed by atoms with Crippen LogP contribution in [0.1, 0.15) is 37.1 Å². The first kappa shape index (κ1) is 23.9. The number of amides is 3. The number of nitrogens with zero attached hydrogens (tertiary/aromatic N) is 3. The molecule has 1 fully saturated rings. The fourth-order valence-corrected chi connectivity index (χ4v) is 5.23. The van der Waals surface area contributed by atoms with E-state index in [9.17, 15) is 9.59 Å². The highest BCUT2D eigenvalue weighted by molar-refractivity contribution is 6.02. The topological polar surface area (TPSA) is 66.8 Å². The van der Waals surface area contributed by atoms with E-state index in [0.29, 0.717) is 18.0 Å². The van der Waals surface area contributed by atoms with Crippen LogP contribution in [-0.4, -0.2) is 40.6 Å². The molecule has 6 rings (SSSR count). The predicted octanol–water partition coefficient (Wildman–Crippen LogP) is 6.01. The van der Waals surface area contributed by atoms with Crippen molar-refractivity contribution in [3.8, 4) is 11.4 Å². The molecule has 7 heteroatoms. The van der Waals surface area contributed by atoms with E-state index in [1.165, 1.54) is 0 Å². The molecule has 2 heterocycles. The zero-order valence-electron chi connectivity index (χ0n) is 21.3. The van der Waals surface area contributed by atoms with Crippen LogP contribution in [0.15, 0.2) is 97.2 Å². The molecular formula is C31H30N4O3. The first-order chi connectivity index (χ1) is 18.7. The molecule has 1 N–H and O–H groups in total. The molecule has 0 saturated heterocycles. The molecule has 7 nitrogen and oxygen atoms in total. The summed E-state index contributed by atoms with van der Waals surface area (Å²) in [6.07, 6.45) is 3.80. The number of aromatic nitrogens is 1. The lowest BCUT2D eigenvalue weighted by atomic mass is 9.97. The van der Waals surface area contributed by atoms with Gasteiger partial charge in [0, 0.05) is 12.2 Å². The van der Waals surface area contributed by atoms with Crippen LogP contribution in [0.5, 0.6) is 5.75 Å². The van der Waals surface area contributed by atoms with E-state index >= 15 is 0 Å². The number of benzene rings is 3. The van der Waals surface area contributed by atoms with Gasteiger partial charge in [-0.3, -0.25) is 9.69 Å². The lowest BCUT2D eigenvalue weighted by Gasteiger charge is -2.39. The third kappa shape index (κ3) is 4.41. The van der Waals surface area contributed by atoms with Gasteiger partial charge in [0.05, 0.1) is 29.4 Å². The third-order valence-corrected chi connectivity index (χ3v) is 7.09. The van der Waals surface area contributed by atoms with Gasteiger partial charge < -0.3 is 19.5 Å². The van der Waals surface area contributed by atoms with Gasteiger partial charge in [-0.25, -0.2) is 4.79 Å². The van der Waals surface area contributed by atoms with Gasteiger partial charge in [-0.2, -0.15) is 0 Å². The SMILES string of the molecule is CCOc1ccccc1NC(=O)N(CC(=O)N1c2ccccc2-n2cccc2C1c1ccccc1)C1CC1. The Morgan fingerprint density at radius 2 is 1.61 bits per heavy atom. The average Bonchev–Trinajstić information content (AvgIpc) is 3.67. The number of fused-ring (bicyclic) bond motifs is 3. The highest BCUT2D eigenvalue weighted by Crippen LogP contribution is 2.42. The summed E-state index contributed by atoms with van der Waals surface area (Å²) in [5, 5.41) is 2.99. The minimum atomic E-state index is -0.309. The predicted molar refractivity (Wildman–Crippen MR) is 148 cm³/mol. The standard InChI is InChI=1S/C31H30N4O3/c1-2-38-28-17-9-6-13-24(28)32-31(37)34(23-18-19-23)21-29(36)35-26-15-8-7-14-25(26)33-20-10-16-27(33)30(35)22-11-4-3-5-12-22/h3-17,20,23,30H,2,18-19,21H2,1H3,(H,32,37). The van der Waals surface area contributed by atoms with Gasteiger partial charge >= 0.3 is 6.03 Å². The second kappa shape index (κ2) is 10.1. The molecule has 0 spiro atoms. The van der Waals surface area contributed by atoms with Crippen molar-refractivity contribution in [3.63, 3.8) is 0 Å². The zero-order valence-corrected chi connectivity index (χ0v) is 21.3. The molecule has 1 aromatic heterocycles. The van der Waals surface area contributed by atoms with Crippen LogP contribution < -0.4 is 15.0 Å². The summed E-state index contributed by atoms with van der Waals surface area (Å²) in [6.45, 7) is 2.38. The third-order valence-electron chi connectivity index (χ3n) is 7.09. The fraction of sp³-hybridized carbons (Fsp3) is 0.226. The number of anilines is 2. The normalized spacial score (nSPS) is 15.8. The molecule has 2 aliphatic rings. The molecule has 38 heavy (non-hydrogen) atoms. The van der Waals surface area contributed by atoms with Gasteiger partial charge in [-0.05, 0) is 61.7 Å². The maximum atomic E-state index is 14.2. The first-order valence-electron chi connectivity index (χ1n) is 13.1. The van der Waals surface area contributed by atoms with Crippen molar-refractivity contribution in [2.75, 3.05) is 23.4 Å². The van der Waals surface area contributed by atoms with Gasteiger partial charge in [0.1, 0.15) is 18.3 Å². The molecule has 1 unspecified atom stereocenters. The number of rotatable bonds is 7. The summed E-state index contributed by atoms with van der Waals surface area (Å²) in [7, 11) is 0. The Labute approximate surface area is 222 Å². The highest BCUT2D eigenvalue weighted by atomic mass is 16.5. The summed E-state index contributed by atoms with van der Waals surface area (Å²) >= 11 is 0. The van der Waals surface area contributed by atoms with Crippen LogP contribution in [0, 0.1) is 0 Å². The number of hydrogen-bond acceptors (Lipinski definition) is 3. The highest BCUT2D eigenvalue weighted by Gasteiger charge is 2.40. The van der Waals surface area contributed by atoms with Crippen molar-refractivity contribution < 1.29 is 14.3 Å². The Bertz CT molecular complexity index is 1460. The molecule has 3 aromatic carbocycles. The second-order valence-corrected chi connectivity index (χ2v) is 9.59. The van der Waals surface area contributed by atoms with E-state index in [1.54, 1.807) is 4.90 Å². The lowest BCUT2D eigenvalue weighted by molar-refractivity contribution is -0.119. The molecule has 0 bridgehead atoms. The van der Waals surface area contributed by atoms with Crippen molar-refractivity contribution in [3.05, 3.63) is 108 Å². The molecule has 4 aromatic rings. The first-order valence-corrected chi connectivity index (χ1v) is 13.1. The van der Waals surface area contributed by atoms with E-state index < -0.39 is 0 Å². The molecule has 192 valence electrons. The lowest BCUT2D eigenvalue weighted by Crippen LogP contribution is -2.48. The van der Waals surface area contributed by atoms with E-state index in [4.69, 9.17) is 4.74 Å². The summed E-state index contributed by atoms with van der Waals surface area (Å²) in [6, 6.07) is 28.9. The molecule has 0 radical (unpaired) electrons. The van der Waals surface area contributed by atoms with Crippen LogP contribution in [0.2, 0.25) is 0 Å². The van der Waals surface area contributed by atoms with Crippen LogP contribution in [0.3, 0.4) is 0 Å². The van der Waals surface area contributed by atoms with Gasteiger partial charge in [-0.1, -0.05) is 54.6 Å². The van der Waals surface area contributed by atoms with E-state index in [1.807, 2.05) is 103 Å². The Balaban J connectivity index is 1.33. The number of hydrogen-bond donors (Lipinski definition) is 1. The summed E-state index contributed by atoms with van der Waals surface area (Å²) < 4.78 is 7.83. The summed E-state index contributed by atoms with van der Waals surface area (Å²) in [5.74, 6) is 0.485. The maximum Gasteiger partial charge on any atom is 0.322 e. The minimum Gasteiger partial charge on any atom is -0.492 e. The number of urea groups is 1. The molecule has 1 aliphatic heterocycles. The molecule has 1 saturated carbocycles. The molecule has 3 amide bonds. The van der Waals surface area contributed by atoms with E-state index in [0.717, 1.165) is 35.5 Å². The summed E-state index contributed by atoms with van der Waals surface area (Å²) in [4.78, 5) is 31.3. The minimum absolute atomic E-state index is 0.0221. The number of nitrogens with one attached hydrogen (secondary N) is 1. The van der Waals surface area contributed by atoms with Crippen LogP contribution >= 0.6 is 0 Å². The van der Waals surface area contributed by atoms with Gasteiger partial charge in [-0.15, -0.1) is 0 Å². The second-order valence-electron chi connectivity index (χ2n) is 9.59. The van der Waals surface area contributed by atoms with E-state index in [-0.39, 0.29) is 30.6 Å². The Hall–Kier alpha value is -4.52. The van der Waals surface area contributed by atoms with Crippen LogP contribution in [0.4, 0.5) is 16.2 Å². The smallest absolute Gasteiger partial charge is 0.322 e. The largest absolute Gasteiger partial charge is 0.492 e. The van der Waals surface area contributed by atoms with Crippen LogP contribution in [-0.2, 0) is 4.79 Å². The average molecular weight is 507 g/mol. The van der Waals surface area contributed by atoms with Crippen molar-refractivity contribution in [1.82, 2.24) is 9.47 Å². The van der Waals surface area contributed by atoms with E-state index in [2.05, 4.69) is 16.0 Å². The number of ether oxygens (including phenoxy) is 1. The van der Waals surface area contributed by atoms with Crippen molar-refractivity contribution in [2.24, 2.45) is 0 Å². The summed E-state index contributed by atoms with van der Waals surface area (Å²) in [5.41, 5.74) is 4.40. The molecule has 1 aliphatic carbocycles. The van der Waals surface area contributed by atoms with Crippen molar-refractivity contribution >= 4 is 23.3 Å². The number of carbonyl (C=O) groups is 2. The van der Waals surface area contributed by atoms with Gasteiger partial charge in [0.2, 0.25) is 5.91 Å². The fourth-order valence-electron chi connectivity index (χ4n) is 5.23. The number of carbonyl (C=O) groups excluding carboxylic acids is 2. The van der Waals surface area contributed by atoms with Gasteiger partial charge in [0.15, 0.2) is 0 Å². The Morgan fingerprint density at radius 3 is 2.37 bits per heavy atom. The number of para-hydroxylation sites is 4. The maximum absolute atomic E-state index is 14.2. The van der Waals surface area contributed by atoms with Gasteiger partial charge in [0.25, 0.3) is 0 Å². The Morgan fingerprint density at radius 1 is 0.895 bits per heavy atom. The Kier molecular flexibility index (Phi) is 6.33. The van der Waals surface area contributed by atoms with Crippen molar-refractivity contribution in [1.29, 1.82) is 0 Å². The molecular weight excluding hydrogens is 476 g/mol. The zero-order chi connectivity index (χ0) is 26.1. The molecule has 1 atom stereocenters.